The number of phenolic OH excluding ortho intramolecular Hbond substituents is 2. The van der Waals surface area contributed by atoms with Crippen LogP contribution < -0.4 is 0 Å². The van der Waals surface area contributed by atoms with Gasteiger partial charge in [0, 0.05) is 23.6 Å². The Balaban J connectivity index is 1.83. The molecule has 0 radical (unpaired) electrons. The van der Waals surface area contributed by atoms with Crippen molar-refractivity contribution in [1.29, 1.82) is 0 Å². The van der Waals surface area contributed by atoms with Gasteiger partial charge in [0.1, 0.15) is 23.7 Å². The molecule has 0 aromatic heterocycles. The smallest absolute Gasteiger partial charge is 0.124 e. The van der Waals surface area contributed by atoms with Gasteiger partial charge in [0.05, 0.1) is 13.1 Å². The van der Waals surface area contributed by atoms with E-state index in [0.29, 0.717) is 11.1 Å². The van der Waals surface area contributed by atoms with Crippen molar-refractivity contribution in [2.45, 2.75) is 12.2 Å². The van der Waals surface area contributed by atoms with E-state index in [-0.39, 0.29) is 24.6 Å². The summed E-state index contributed by atoms with van der Waals surface area (Å²) < 4.78 is 0. The molecule has 2 aromatic rings. The first-order valence-corrected chi connectivity index (χ1v) is 7.49. The first-order chi connectivity index (χ1) is 11.6. The highest BCUT2D eigenvalue weighted by Crippen LogP contribution is 2.13. The number of phenols is 2. The van der Waals surface area contributed by atoms with Crippen molar-refractivity contribution in [2.24, 2.45) is 9.98 Å². The summed E-state index contributed by atoms with van der Waals surface area (Å²) >= 11 is 0. The lowest BCUT2D eigenvalue weighted by Crippen LogP contribution is -2.31. The monoisotopic (exact) mass is 328 g/mol. The Morgan fingerprint density at radius 1 is 0.708 bits per heavy atom. The van der Waals surface area contributed by atoms with Crippen LogP contribution >= 0.6 is 0 Å². The topological polar surface area (TPSA) is 106 Å². The van der Waals surface area contributed by atoms with E-state index in [4.69, 9.17) is 0 Å². The summed E-state index contributed by atoms with van der Waals surface area (Å²) in [5, 5.41) is 38.9. The second kappa shape index (κ2) is 8.81. The molecule has 0 spiro atoms. The van der Waals surface area contributed by atoms with Crippen molar-refractivity contribution in [3.8, 4) is 11.5 Å². The Morgan fingerprint density at radius 3 is 1.46 bits per heavy atom. The number of aliphatic imine (C=N–C) groups is 2. The van der Waals surface area contributed by atoms with E-state index in [1.807, 2.05) is 0 Å². The molecular weight excluding hydrogens is 308 g/mol. The second-order valence-corrected chi connectivity index (χ2v) is 5.24. The molecule has 6 nitrogen and oxygen atoms in total. The van der Waals surface area contributed by atoms with Crippen LogP contribution in [0.4, 0.5) is 0 Å². The highest BCUT2D eigenvalue weighted by Gasteiger charge is 2.14. The maximum atomic E-state index is 9.87. The first kappa shape index (κ1) is 17.7. The van der Waals surface area contributed by atoms with Crippen molar-refractivity contribution in [1.82, 2.24) is 0 Å². The highest BCUT2D eigenvalue weighted by molar-refractivity contribution is 5.83. The lowest BCUT2D eigenvalue weighted by Gasteiger charge is -2.13. The van der Waals surface area contributed by atoms with Crippen molar-refractivity contribution in [2.75, 3.05) is 13.1 Å². The van der Waals surface area contributed by atoms with Gasteiger partial charge in [0.25, 0.3) is 0 Å². The van der Waals surface area contributed by atoms with Gasteiger partial charge in [-0.1, -0.05) is 24.3 Å². The zero-order chi connectivity index (χ0) is 17.4. The van der Waals surface area contributed by atoms with Gasteiger partial charge in [-0.05, 0) is 24.3 Å². The highest BCUT2D eigenvalue weighted by atomic mass is 16.3. The fraction of sp³-hybridized carbons (Fsp3) is 0.222. The van der Waals surface area contributed by atoms with Crippen LogP contribution in [0.2, 0.25) is 0 Å². The second-order valence-electron chi connectivity index (χ2n) is 5.24. The molecule has 2 aromatic carbocycles. The molecule has 0 bridgehead atoms. The molecule has 0 unspecified atom stereocenters. The molecule has 2 atom stereocenters. The van der Waals surface area contributed by atoms with E-state index >= 15 is 0 Å². The minimum atomic E-state index is -1.08. The van der Waals surface area contributed by atoms with Crippen molar-refractivity contribution < 1.29 is 20.4 Å². The third kappa shape index (κ3) is 5.19. The SMILES string of the molecule is Oc1ccccc1C=NC[C@H](O)[C@@H](O)CN=Cc1ccccc1O. The normalized spacial score (nSPS) is 14.2. The van der Waals surface area contributed by atoms with Crippen LogP contribution in [0.5, 0.6) is 11.5 Å². The molecular formula is C18H20N2O4. The third-order valence-corrected chi connectivity index (χ3v) is 3.36. The summed E-state index contributed by atoms with van der Waals surface area (Å²) in [6.45, 7) is -0.0246. The number of hydrogen-bond acceptors (Lipinski definition) is 6. The van der Waals surface area contributed by atoms with Gasteiger partial charge >= 0.3 is 0 Å². The summed E-state index contributed by atoms with van der Waals surface area (Å²) in [4.78, 5) is 8.03. The average molecular weight is 328 g/mol. The van der Waals surface area contributed by atoms with Gasteiger partial charge in [0.2, 0.25) is 0 Å². The van der Waals surface area contributed by atoms with Crippen LogP contribution in [0, 0.1) is 0 Å². The molecule has 0 aliphatic heterocycles. The predicted molar refractivity (Wildman–Crippen MR) is 93.1 cm³/mol. The molecule has 6 heteroatoms. The van der Waals surface area contributed by atoms with E-state index in [0.717, 1.165) is 0 Å². The summed E-state index contributed by atoms with van der Waals surface area (Å²) in [6.07, 6.45) is 0.731. The molecule has 0 amide bonds. The van der Waals surface area contributed by atoms with E-state index in [2.05, 4.69) is 9.98 Å². The summed E-state index contributed by atoms with van der Waals surface area (Å²) in [5.41, 5.74) is 1.08. The zero-order valence-corrected chi connectivity index (χ0v) is 13.0. The molecule has 0 aliphatic carbocycles. The molecule has 2 rings (SSSR count). The van der Waals surface area contributed by atoms with Crippen molar-refractivity contribution in [3.63, 3.8) is 0 Å². The number of aliphatic hydroxyl groups is 2. The zero-order valence-electron chi connectivity index (χ0n) is 13.0. The van der Waals surface area contributed by atoms with E-state index in [1.165, 1.54) is 12.4 Å². The molecule has 0 heterocycles. The number of rotatable bonds is 7. The van der Waals surface area contributed by atoms with Gasteiger partial charge < -0.3 is 20.4 Å². The molecule has 0 saturated carbocycles. The lowest BCUT2D eigenvalue weighted by atomic mass is 10.2. The molecule has 0 fully saturated rings. The van der Waals surface area contributed by atoms with E-state index in [9.17, 15) is 20.4 Å². The Labute approximate surface area is 140 Å². The number of para-hydroxylation sites is 2. The summed E-state index contributed by atoms with van der Waals surface area (Å²) in [5.74, 6) is 0.201. The van der Waals surface area contributed by atoms with Crippen LogP contribution in [-0.2, 0) is 0 Å². The first-order valence-electron chi connectivity index (χ1n) is 7.49. The standard InChI is InChI=1S/C18H20N2O4/c21-15-7-3-1-5-13(15)9-19-11-17(23)18(24)12-20-10-14-6-2-4-8-16(14)22/h1-10,17-18,21-24H,11-12H2/t17-,18-/m0/s1. The van der Waals surface area contributed by atoms with Crippen LogP contribution in [0.1, 0.15) is 11.1 Å². The largest absolute Gasteiger partial charge is 0.507 e. The van der Waals surface area contributed by atoms with Crippen LogP contribution in [0.3, 0.4) is 0 Å². The van der Waals surface area contributed by atoms with Crippen molar-refractivity contribution >= 4 is 12.4 Å². The van der Waals surface area contributed by atoms with Crippen LogP contribution in [0.25, 0.3) is 0 Å². The summed E-state index contributed by atoms with van der Waals surface area (Å²) in [7, 11) is 0. The average Bonchev–Trinajstić information content (AvgIpc) is 2.58. The summed E-state index contributed by atoms with van der Waals surface area (Å²) in [6, 6.07) is 13.4. The number of hydrogen-bond donors (Lipinski definition) is 4. The molecule has 0 saturated heterocycles. The van der Waals surface area contributed by atoms with Crippen molar-refractivity contribution in [3.05, 3.63) is 59.7 Å². The minimum Gasteiger partial charge on any atom is -0.507 e. The fourth-order valence-corrected chi connectivity index (χ4v) is 1.95. The van der Waals surface area contributed by atoms with Gasteiger partial charge in [-0.25, -0.2) is 0 Å². The maximum Gasteiger partial charge on any atom is 0.124 e. The third-order valence-electron chi connectivity index (χ3n) is 3.36. The van der Waals surface area contributed by atoms with Gasteiger partial charge in [-0.2, -0.15) is 0 Å². The number of aliphatic hydroxyl groups excluding tert-OH is 2. The Hall–Kier alpha value is -2.70. The van der Waals surface area contributed by atoms with Crippen LogP contribution in [-0.4, -0.2) is 58.2 Å². The van der Waals surface area contributed by atoms with Crippen LogP contribution in [0.15, 0.2) is 58.5 Å². The number of benzene rings is 2. The molecule has 0 aliphatic rings. The van der Waals surface area contributed by atoms with E-state index in [1.54, 1.807) is 48.5 Å². The molecule has 4 N–H and O–H groups in total. The Bertz CT molecular complexity index is 654. The number of nitrogens with zero attached hydrogens (tertiary/aromatic N) is 2. The quantitative estimate of drug-likeness (QED) is 0.576. The van der Waals surface area contributed by atoms with Gasteiger partial charge in [0.15, 0.2) is 0 Å². The number of aromatic hydroxyl groups is 2. The molecule has 24 heavy (non-hydrogen) atoms. The predicted octanol–water partition coefficient (Wildman–Crippen LogP) is 1.36. The lowest BCUT2D eigenvalue weighted by molar-refractivity contribution is 0.0320. The fourth-order valence-electron chi connectivity index (χ4n) is 1.95. The van der Waals surface area contributed by atoms with E-state index < -0.39 is 12.2 Å². The Morgan fingerprint density at radius 2 is 1.08 bits per heavy atom. The molecule has 126 valence electrons. The van der Waals surface area contributed by atoms with Gasteiger partial charge in [-0.15, -0.1) is 0 Å². The maximum absolute atomic E-state index is 9.87. The minimum absolute atomic E-state index is 0.0123. The Kier molecular flexibility index (Phi) is 6.48. The van der Waals surface area contributed by atoms with Gasteiger partial charge in [-0.3, -0.25) is 9.98 Å².